The lowest BCUT2D eigenvalue weighted by atomic mass is 10.4. The van der Waals surface area contributed by atoms with Crippen LogP contribution in [-0.2, 0) is 4.74 Å². The Balaban J connectivity index is 2.67. The average Bonchev–Trinajstić information content (AvgIpc) is 2.25. The van der Waals surface area contributed by atoms with Crippen LogP contribution in [0.25, 0.3) is 0 Å². The van der Waals surface area contributed by atoms with Crippen LogP contribution in [-0.4, -0.2) is 41.3 Å². The van der Waals surface area contributed by atoms with Gasteiger partial charge in [-0.1, -0.05) is 6.92 Å². The van der Waals surface area contributed by atoms with Crippen LogP contribution in [0.2, 0.25) is 5.28 Å². The normalized spacial score (nSPS) is 12.2. The van der Waals surface area contributed by atoms with Crippen molar-refractivity contribution in [3.05, 3.63) is 5.28 Å². The van der Waals surface area contributed by atoms with Gasteiger partial charge in [0, 0.05) is 13.2 Å². The average molecular weight is 261 g/mol. The lowest BCUT2D eigenvalue weighted by Crippen LogP contribution is -2.22. The van der Waals surface area contributed by atoms with E-state index < -0.39 is 0 Å². The molecule has 0 saturated heterocycles. The molecule has 1 aromatic rings. The minimum absolute atomic E-state index is 0.0810. The summed E-state index contributed by atoms with van der Waals surface area (Å²) >= 11 is 5.78. The molecule has 0 bridgehead atoms. The molecule has 7 heteroatoms. The number of nitrogens with zero attached hydrogens (tertiary/aromatic N) is 3. The van der Waals surface area contributed by atoms with Crippen LogP contribution in [0.1, 0.15) is 20.3 Å². The first kappa shape index (κ1) is 13.9. The van der Waals surface area contributed by atoms with Gasteiger partial charge in [0.1, 0.15) is 0 Å². The van der Waals surface area contributed by atoms with Gasteiger partial charge in [-0.2, -0.15) is 15.0 Å². The van der Waals surface area contributed by atoms with Gasteiger partial charge < -0.3 is 14.8 Å². The first-order chi connectivity index (χ1) is 8.15. The van der Waals surface area contributed by atoms with Gasteiger partial charge in [-0.3, -0.25) is 0 Å². The third-order valence-corrected chi connectivity index (χ3v) is 1.98. The van der Waals surface area contributed by atoms with Crippen LogP contribution in [0.3, 0.4) is 0 Å². The van der Waals surface area contributed by atoms with E-state index in [9.17, 15) is 0 Å². The maximum atomic E-state index is 5.78. The van der Waals surface area contributed by atoms with E-state index in [0.717, 1.165) is 6.42 Å². The molecule has 0 aromatic carbocycles. The Morgan fingerprint density at radius 3 is 2.76 bits per heavy atom. The van der Waals surface area contributed by atoms with E-state index in [0.29, 0.717) is 19.2 Å². The number of halogens is 1. The van der Waals surface area contributed by atoms with Gasteiger partial charge in [-0.15, -0.1) is 0 Å². The maximum Gasteiger partial charge on any atom is 0.322 e. The fourth-order valence-corrected chi connectivity index (χ4v) is 1.32. The molecule has 96 valence electrons. The lowest BCUT2D eigenvalue weighted by molar-refractivity contribution is 0.190. The van der Waals surface area contributed by atoms with Crippen molar-refractivity contribution in [3.8, 4) is 6.01 Å². The van der Waals surface area contributed by atoms with Crippen LogP contribution >= 0.6 is 11.6 Å². The molecule has 1 atom stereocenters. The van der Waals surface area contributed by atoms with E-state index in [1.165, 1.54) is 0 Å². The Morgan fingerprint density at radius 1 is 1.35 bits per heavy atom. The summed E-state index contributed by atoms with van der Waals surface area (Å²) in [7, 11) is 1.63. The fourth-order valence-electron chi connectivity index (χ4n) is 1.17. The van der Waals surface area contributed by atoms with Crippen molar-refractivity contribution < 1.29 is 9.47 Å². The predicted octanol–water partition coefficient (Wildman–Crippen LogP) is 1.76. The molecule has 0 fully saturated rings. The summed E-state index contributed by atoms with van der Waals surface area (Å²) in [5.41, 5.74) is 0. The topological polar surface area (TPSA) is 69.2 Å². The Hall–Kier alpha value is -1.14. The van der Waals surface area contributed by atoms with Crippen LogP contribution in [0.4, 0.5) is 5.95 Å². The summed E-state index contributed by atoms with van der Waals surface area (Å²) in [4.78, 5) is 11.9. The monoisotopic (exact) mass is 260 g/mol. The van der Waals surface area contributed by atoms with Gasteiger partial charge in [-0.25, -0.2) is 0 Å². The van der Waals surface area contributed by atoms with Gasteiger partial charge in [0.05, 0.1) is 13.2 Å². The molecule has 0 aliphatic rings. The van der Waals surface area contributed by atoms with Crippen LogP contribution in [0.5, 0.6) is 6.01 Å². The molecule has 17 heavy (non-hydrogen) atoms. The van der Waals surface area contributed by atoms with Crippen molar-refractivity contribution in [2.45, 2.75) is 26.3 Å². The van der Waals surface area contributed by atoms with Gasteiger partial charge >= 0.3 is 6.01 Å². The van der Waals surface area contributed by atoms with Crippen molar-refractivity contribution in [1.82, 2.24) is 15.0 Å². The number of aromatic nitrogens is 3. The van der Waals surface area contributed by atoms with Gasteiger partial charge in [-0.05, 0) is 24.9 Å². The molecule has 1 heterocycles. The molecule has 0 aliphatic carbocycles. The second-order valence-electron chi connectivity index (χ2n) is 3.56. The van der Waals surface area contributed by atoms with Gasteiger partial charge in [0.25, 0.3) is 0 Å². The zero-order chi connectivity index (χ0) is 12.7. The minimum Gasteiger partial charge on any atom is -0.463 e. The molecular formula is C10H17ClN4O2. The molecular weight excluding hydrogens is 244 g/mol. The zero-order valence-electron chi connectivity index (χ0n) is 10.2. The highest BCUT2D eigenvalue weighted by Gasteiger charge is 2.08. The van der Waals surface area contributed by atoms with Crippen molar-refractivity contribution >= 4 is 17.5 Å². The summed E-state index contributed by atoms with van der Waals surface area (Å²) in [6, 6.07) is 0.316. The van der Waals surface area contributed by atoms with Gasteiger partial charge in [0.2, 0.25) is 11.2 Å². The molecule has 1 aromatic heterocycles. The second kappa shape index (κ2) is 7.24. The number of hydrogen-bond donors (Lipinski definition) is 1. The highest BCUT2D eigenvalue weighted by molar-refractivity contribution is 6.28. The van der Waals surface area contributed by atoms with E-state index in [2.05, 4.69) is 20.3 Å². The minimum atomic E-state index is 0.0810. The fraction of sp³-hybridized carbons (Fsp3) is 0.700. The first-order valence-corrected chi connectivity index (χ1v) is 5.83. The van der Waals surface area contributed by atoms with E-state index >= 15 is 0 Å². The van der Waals surface area contributed by atoms with Gasteiger partial charge in [0.15, 0.2) is 0 Å². The number of ether oxygens (including phenoxy) is 2. The van der Waals surface area contributed by atoms with E-state index in [1.807, 2.05) is 13.8 Å². The van der Waals surface area contributed by atoms with Crippen molar-refractivity contribution in [1.29, 1.82) is 0 Å². The number of anilines is 1. The van der Waals surface area contributed by atoms with E-state index in [1.54, 1.807) is 7.11 Å². The summed E-state index contributed by atoms with van der Waals surface area (Å²) < 4.78 is 10.3. The SMILES string of the molecule is CCCOc1nc(Cl)nc(NC(C)COC)n1. The second-order valence-corrected chi connectivity index (χ2v) is 3.90. The summed E-state index contributed by atoms with van der Waals surface area (Å²) in [6.45, 7) is 5.05. The van der Waals surface area contributed by atoms with E-state index in [4.69, 9.17) is 21.1 Å². The molecule has 6 nitrogen and oxygen atoms in total. The summed E-state index contributed by atoms with van der Waals surface area (Å²) in [6.07, 6.45) is 0.881. The Labute approximate surface area is 106 Å². The molecule has 0 amide bonds. The zero-order valence-corrected chi connectivity index (χ0v) is 11.0. The third-order valence-electron chi connectivity index (χ3n) is 1.82. The van der Waals surface area contributed by atoms with Crippen LogP contribution in [0, 0.1) is 0 Å². The Morgan fingerprint density at radius 2 is 2.12 bits per heavy atom. The molecule has 1 N–H and O–H groups in total. The summed E-state index contributed by atoms with van der Waals surface area (Å²) in [5.74, 6) is 0.389. The predicted molar refractivity (Wildman–Crippen MR) is 65.6 cm³/mol. The smallest absolute Gasteiger partial charge is 0.322 e. The maximum absolute atomic E-state index is 5.78. The van der Waals surface area contributed by atoms with Crippen LogP contribution < -0.4 is 10.1 Å². The van der Waals surface area contributed by atoms with E-state index in [-0.39, 0.29) is 17.3 Å². The van der Waals surface area contributed by atoms with Crippen molar-refractivity contribution in [2.24, 2.45) is 0 Å². The highest BCUT2D eigenvalue weighted by atomic mass is 35.5. The van der Waals surface area contributed by atoms with Crippen molar-refractivity contribution in [3.63, 3.8) is 0 Å². The molecule has 0 spiro atoms. The molecule has 0 saturated carbocycles. The molecule has 0 aliphatic heterocycles. The number of methoxy groups -OCH3 is 1. The first-order valence-electron chi connectivity index (χ1n) is 5.45. The molecule has 1 unspecified atom stereocenters. The van der Waals surface area contributed by atoms with Crippen LogP contribution in [0.15, 0.2) is 0 Å². The number of rotatable bonds is 7. The summed E-state index contributed by atoms with van der Waals surface area (Å²) in [5, 5.41) is 3.16. The third kappa shape index (κ3) is 5.14. The lowest BCUT2D eigenvalue weighted by Gasteiger charge is -2.12. The highest BCUT2D eigenvalue weighted by Crippen LogP contribution is 2.12. The van der Waals surface area contributed by atoms with Crippen molar-refractivity contribution in [2.75, 3.05) is 25.6 Å². The largest absolute Gasteiger partial charge is 0.463 e. The Bertz CT molecular complexity index is 351. The standard InChI is InChI=1S/C10H17ClN4O2/c1-4-5-17-10-14-8(11)13-9(15-10)12-7(2)6-16-3/h7H,4-6H2,1-3H3,(H,12,13,14,15). The molecule has 1 rings (SSSR count). The molecule has 0 radical (unpaired) electrons. The quantitative estimate of drug-likeness (QED) is 0.806. The number of nitrogens with one attached hydrogen (secondary N) is 1. The number of hydrogen-bond acceptors (Lipinski definition) is 6. The Kier molecular flexibility index (Phi) is 5.93.